The van der Waals surface area contributed by atoms with Crippen LogP contribution in [0.2, 0.25) is 0 Å². The van der Waals surface area contributed by atoms with Gasteiger partial charge in [-0.1, -0.05) is 18.2 Å². The summed E-state index contributed by atoms with van der Waals surface area (Å²) >= 11 is 3.60. The van der Waals surface area contributed by atoms with Gasteiger partial charge in [-0.05, 0) is 47.1 Å². The Balaban J connectivity index is 2.07. The van der Waals surface area contributed by atoms with Gasteiger partial charge in [0.25, 0.3) is 0 Å². The number of halogens is 1. The number of rotatable bonds is 3. The van der Waals surface area contributed by atoms with Crippen molar-refractivity contribution in [3.63, 3.8) is 0 Å². The molecule has 0 fully saturated rings. The van der Waals surface area contributed by atoms with Crippen molar-refractivity contribution in [3.8, 4) is 0 Å². The third-order valence-corrected chi connectivity index (χ3v) is 4.30. The van der Waals surface area contributed by atoms with Crippen LogP contribution in [0.4, 0.5) is 17.1 Å². The highest BCUT2D eigenvalue weighted by Crippen LogP contribution is 2.40. The third kappa shape index (κ3) is 2.43. The summed E-state index contributed by atoms with van der Waals surface area (Å²) < 4.78 is 0.930. The van der Waals surface area contributed by atoms with Gasteiger partial charge in [-0.25, -0.2) is 0 Å². The first-order valence-corrected chi connectivity index (χ1v) is 7.63. The summed E-state index contributed by atoms with van der Waals surface area (Å²) in [5, 5.41) is 2.83. The van der Waals surface area contributed by atoms with Gasteiger partial charge >= 0.3 is 0 Å². The summed E-state index contributed by atoms with van der Waals surface area (Å²) in [6.07, 6.45) is 0. The van der Waals surface area contributed by atoms with E-state index in [9.17, 15) is 4.79 Å². The van der Waals surface area contributed by atoms with Crippen LogP contribution in [0.25, 0.3) is 0 Å². The zero-order chi connectivity index (χ0) is 15.0. The summed E-state index contributed by atoms with van der Waals surface area (Å²) in [6, 6.07) is 13.5. The van der Waals surface area contributed by atoms with E-state index in [4.69, 9.17) is 5.73 Å². The maximum absolute atomic E-state index is 11.7. The lowest BCUT2D eigenvalue weighted by Crippen LogP contribution is -2.19. The van der Waals surface area contributed by atoms with Gasteiger partial charge in [-0.15, -0.1) is 0 Å². The molecule has 108 valence electrons. The minimum absolute atomic E-state index is 0.156. The van der Waals surface area contributed by atoms with Crippen LogP contribution in [-0.2, 0) is 4.79 Å². The van der Waals surface area contributed by atoms with E-state index >= 15 is 0 Å². The van der Waals surface area contributed by atoms with Crippen LogP contribution in [0.3, 0.4) is 0 Å². The maximum atomic E-state index is 11.7. The Morgan fingerprint density at radius 1 is 1.29 bits per heavy atom. The molecule has 0 saturated carbocycles. The quantitative estimate of drug-likeness (QED) is 0.894. The highest BCUT2D eigenvalue weighted by molar-refractivity contribution is 9.10. The second-order valence-corrected chi connectivity index (χ2v) is 5.79. The van der Waals surface area contributed by atoms with Crippen LogP contribution in [0.1, 0.15) is 18.5 Å². The number of hydrogen-bond donors (Lipinski definition) is 2. The van der Waals surface area contributed by atoms with E-state index in [0.29, 0.717) is 0 Å². The second-order valence-electron chi connectivity index (χ2n) is 4.94. The van der Waals surface area contributed by atoms with E-state index < -0.39 is 6.04 Å². The topological polar surface area (TPSA) is 58.4 Å². The van der Waals surface area contributed by atoms with Crippen molar-refractivity contribution in [2.45, 2.75) is 13.0 Å². The zero-order valence-electron chi connectivity index (χ0n) is 11.6. The Hall–Kier alpha value is -1.85. The van der Waals surface area contributed by atoms with Crippen molar-refractivity contribution >= 4 is 38.9 Å². The van der Waals surface area contributed by atoms with Crippen molar-refractivity contribution in [2.24, 2.45) is 5.73 Å². The van der Waals surface area contributed by atoms with E-state index in [0.717, 1.165) is 33.6 Å². The number of amides is 1. The molecule has 3 N–H and O–H groups in total. The first-order chi connectivity index (χ1) is 10.1. The Labute approximate surface area is 132 Å². The Kier molecular flexibility index (Phi) is 3.69. The molecule has 0 bridgehead atoms. The van der Waals surface area contributed by atoms with Crippen molar-refractivity contribution in [1.29, 1.82) is 0 Å². The van der Waals surface area contributed by atoms with Crippen LogP contribution in [0.15, 0.2) is 46.9 Å². The van der Waals surface area contributed by atoms with Crippen molar-refractivity contribution in [1.82, 2.24) is 0 Å². The van der Waals surface area contributed by atoms with Crippen molar-refractivity contribution < 1.29 is 4.79 Å². The summed E-state index contributed by atoms with van der Waals surface area (Å²) in [5.74, 6) is -0.156. The second kappa shape index (κ2) is 5.50. The van der Waals surface area contributed by atoms with Gasteiger partial charge in [0, 0.05) is 28.0 Å². The lowest BCUT2D eigenvalue weighted by atomic mass is 10.1. The van der Waals surface area contributed by atoms with Gasteiger partial charge in [0.15, 0.2) is 0 Å². The predicted molar refractivity (Wildman–Crippen MR) is 88.8 cm³/mol. The monoisotopic (exact) mass is 345 g/mol. The zero-order valence-corrected chi connectivity index (χ0v) is 13.2. The Bertz CT molecular complexity index is 687. The molecule has 1 aliphatic heterocycles. The number of fused-ring (bicyclic) bond motifs is 1. The molecular weight excluding hydrogens is 330 g/mol. The standard InChI is InChI=1S/C16H16BrN3O/c1-2-20(10-6-4-3-5-7-10)14-9-13-11(8-12(14)17)15(18)16(21)19-13/h3-9,15H,2,18H2,1H3,(H,19,21). The molecule has 0 aromatic heterocycles. The number of anilines is 3. The molecule has 1 unspecified atom stereocenters. The molecular formula is C16H16BrN3O. The van der Waals surface area contributed by atoms with E-state index in [2.05, 4.69) is 45.2 Å². The summed E-state index contributed by atoms with van der Waals surface area (Å²) in [4.78, 5) is 13.9. The first-order valence-electron chi connectivity index (χ1n) is 6.84. The smallest absolute Gasteiger partial charge is 0.245 e. The molecule has 1 amide bonds. The number of carbonyl (C=O) groups excluding carboxylic acids is 1. The number of carbonyl (C=O) groups is 1. The average molecular weight is 346 g/mol. The highest BCUT2D eigenvalue weighted by atomic mass is 79.9. The van der Waals surface area contributed by atoms with Gasteiger partial charge in [-0.2, -0.15) is 0 Å². The molecule has 1 aliphatic rings. The molecule has 0 saturated heterocycles. The fourth-order valence-electron chi connectivity index (χ4n) is 2.60. The van der Waals surface area contributed by atoms with Gasteiger partial charge in [-0.3, -0.25) is 4.79 Å². The van der Waals surface area contributed by atoms with Crippen LogP contribution in [-0.4, -0.2) is 12.5 Å². The number of hydrogen-bond acceptors (Lipinski definition) is 3. The molecule has 3 rings (SSSR count). The molecule has 21 heavy (non-hydrogen) atoms. The number of nitrogens with one attached hydrogen (secondary N) is 1. The molecule has 1 atom stereocenters. The van der Waals surface area contributed by atoms with Gasteiger partial charge in [0.2, 0.25) is 5.91 Å². The van der Waals surface area contributed by atoms with Crippen LogP contribution in [0, 0.1) is 0 Å². The summed E-state index contributed by atoms with van der Waals surface area (Å²) in [5.41, 5.74) is 9.62. The molecule has 0 radical (unpaired) electrons. The van der Waals surface area contributed by atoms with Gasteiger partial charge < -0.3 is 16.0 Å². The lowest BCUT2D eigenvalue weighted by molar-refractivity contribution is -0.116. The first kappa shape index (κ1) is 14.1. The number of para-hydroxylation sites is 1. The van der Waals surface area contributed by atoms with Crippen molar-refractivity contribution in [2.75, 3.05) is 16.8 Å². The molecule has 0 aliphatic carbocycles. The number of nitrogens with zero attached hydrogens (tertiary/aromatic N) is 1. The maximum Gasteiger partial charge on any atom is 0.245 e. The molecule has 2 aromatic carbocycles. The highest BCUT2D eigenvalue weighted by Gasteiger charge is 2.29. The van der Waals surface area contributed by atoms with Crippen LogP contribution >= 0.6 is 15.9 Å². The minimum Gasteiger partial charge on any atom is -0.341 e. The van der Waals surface area contributed by atoms with Crippen molar-refractivity contribution in [3.05, 3.63) is 52.5 Å². The SMILES string of the molecule is CCN(c1ccccc1)c1cc2c(cc1Br)C(N)C(=O)N2. The largest absolute Gasteiger partial charge is 0.341 e. The molecule has 4 nitrogen and oxygen atoms in total. The van der Waals surface area contributed by atoms with Gasteiger partial charge in [0.1, 0.15) is 6.04 Å². The average Bonchev–Trinajstić information content (AvgIpc) is 2.76. The Morgan fingerprint density at radius 2 is 2.00 bits per heavy atom. The van der Waals surface area contributed by atoms with Crippen LogP contribution in [0.5, 0.6) is 0 Å². The van der Waals surface area contributed by atoms with E-state index in [1.165, 1.54) is 0 Å². The number of benzene rings is 2. The van der Waals surface area contributed by atoms with E-state index in [1.807, 2.05) is 30.3 Å². The molecule has 0 spiro atoms. The fourth-order valence-corrected chi connectivity index (χ4v) is 3.18. The van der Waals surface area contributed by atoms with Gasteiger partial charge in [0.05, 0.1) is 5.69 Å². The van der Waals surface area contributed by atoms with Crippen LogP contribution < -0.4 is 16.0 Å². The lowest BCUT2D eigenvalue weighted by Gasteiger charge is -2.25. The molecule has 1 heterocycles. The summed E-state index contributed by atoms with van der Waals surface area (Å²) in [7, 11) is 0. The molecule has 2 aromatic rings. The normalized spacial score (nSPS) is 16.5. The van der Waals surface area contributed by atoms with E-state index in [1.54, 1.807) is 0 Å². The number of nitrogens with two attached hydrogens (primary N) is 1. The van der Waals surface area contributed by atoms with E-state index in [-0.39, 0.29) is 5.91 Å². The Morgan fingerprint density at radius 3 is 2.67 bits per heavy atom. The minimum atomic E-state index is -0.586. The third-order valence-electron chi connectivity index (χ3n) is 3.67. The fraction of sp³-hybridized carbons (Fsp3) is 0.188. The summed E-state index contributed by atoms with van der Waals surface area (Å²) in [6.45, 7) is 2.92. The molecule has 5 heteroatoms. The predicted octanol–water partition coefficient (Wildman–Crippen LogP) is 3.56.